The van der Waals surface area contributed by atoms with Crippen molar-refractivity contribution in [1.29, 1.82) is 0 Å². The van der Waals surface area contributed by atoms with Gasteiger partial charge >= 0.3 is 0 Å². The zero-order chi connectivity index (χ0) is 13.3. The summed E-state index contributed by atoms with van der Waals surface area (Å²) in [6.07, 6.45) is 5.40. The minimum atomic E-state index is -0.0154. The zero-order valence-electron chi connectivity index (χ0n) is 11.5. The molecule has 3 nitrogen and oxygen atoms in total. The van der Waals surface area contributed by atoms with Crippen LogP contribution in [0.4, 0.5) is 0 Å². The van der Waals surface area contributed by atoms with Gasteiger partial charge in [0.1, 0.15) is 0 Å². The molecular formula is C15H22O3S. The summed E-state index contributed by atoms with van der Waals surface area (Å²) in [4.78, 5) is 0. The van der Waals surface area contributed by atoms with Crippen LogP contribution in [-0.4, -0.2) is 25.1 Å². The third-order valence-electron chi connectivity index (χ3n) is 3.07. The molecule has 106 valence electrons. The molecule has 0 radical (unpaired) electrons. The van der Waals surface area contributed by atoms with Crippen LogP contribution in [0.15, 0.2) is 24.3 Å². The van der Waals surface area contributed by atoms with Crippen molar-refractivity contribution in [3.05, 3.63) is 35.4 Å². The lowest BCUT2D eigenvalue weighted by molar-refractivity contribution is -0.168. The second-order valence-electron chi connectivity index (χ2n) is 4.68. The summed E-state index contributed by atoms with van der Waals surface area (Å²) < 4.78 is 16.8. The minimum Gasteiger partial charge on any atom is -0.366 e. The van der Waals surface area contributed by atoms with Crippen LogP contribution in [0.5, 0.6) is 0 Å². The van der Waals surface area contributed by atoms with Gasteiger partial charge in [-0.1, -0.05) is 24.3 Å². The molecule has 1 unspecified atom stereocenters. The van der Waals surface area contributed by atoms with E-state index < -0.39 is 0 Å². The standard InChI is InChI=1S/C15H22O3S/c1-19-12-16-10-13-5-7-14(8-6-13)11-18-15-4-2-3-9-17-15/h5-8,15H,2-4,9-12H2,1H3. The van der Waals surface area contributed by atoms with E-state index in [1.165, 1.54) is 17.5 Å². The SMILES string of the molecule is CSCOCc1ccc(COC2CCCCO2)cc1. The van der Waals surface area contributed by atoms with Gasteiger partial charge in [0.05, 0.1) is 19.2 Å². The second kappa shape index (κ2) is 8.59. The molecule has 1 atom stereocenters. The molecule has 0 aromatic heterocycles. The molecule has 0 amide bonds. The van der Waals surface area contributed by atoms with E-state index in [1.807, 2.05) is 6.26 Å². The van der Waals surface area contributed by atoms with E-state index in [4.69, 9.17) is 14.2 Å². The molecule has 0 spiro atoms. The Hall–Kier alpha value is -0.550. The van der Waals surface area contributed by atoms with Gasteiger partial charge in [-0.15, -0.1) is 11.8 Å². The third-order valence-corrected chi connectivity index (χ3v) is 3.47. The summed E-state index contributed by atoms with van der Waals surface area (Å²) in [7, 11) is 0. The number of benzene rings is 1. The van der Waals surface area contributed by atoms with Crippen molar-refractivity contribution in [2.75, 3.05) is 18.8 Å². The zero-order valence-corrected chi connectivity index (χ0v) is 12.3. The van der Waals surface area contributed by atoms with Crippen molar-refractivity contribution in [2.24, 2.45) is 0 Å². The number of ether oxygens (including phenoxy) is 3. The first-order valence-electron chi connectivity index (χ1n) is 6.76. The van der Waals surface area contributed by atoms with Crippen LogP contribution < -0.4 is 0 Å². The summed E-state index contributed by atoms with van der Waals surface area (Å²) >= 11 is 1.69. The van der Waals surface area contributed by atoms with Gasteiger partial charge in [0.25, 0.3) is 0 Å². The molecule has 1 heterocycles. The minimum absolute atomic E-state index is 0.0154. The van der Waals surface area contributed by atoms with Crippen molar-refractivity contribution in [3.63, 3.8) is 0 Å². The molecule has 1 fully saturated rings. The number of hydrogen-bond acceptors (Lipinski definition) is 4. The van der Waals surface area contributed by atoms with E-state index in [2.05, 4.69) is 24.3 Å². The first kappa shape index (κ1) is 14.9. The predicted octanol–water partition coefficient (Wildman–Crippen LogP) is 3.57. The van der Waals surface area contributed by atoms with Crippen LogP contribution in [0, 0.1) is 0 Å². The molecule has 2 rings (SSSR count). The highest BCUT2D eigenvalue weighted by Crippen LogP contribution is 2.16. The van der Waals surface area contributed by atoms with Crippen LogP contribution >= 0.6 is 11.8 Å². The lowest BCUT2D eigenvalue weighted by Crippen LogP contribution is -2.21. The largest absolute Gasteiger partial charge is 0.366 e. The van der Waals surface area contributed by atoms with Gasteiger partial charge in [0, 0.05) is 6.61 Å². The van der Waals surface area contributed by atoms with E-state index in [-0.39, 0.29) is 6.29 Å². The smallest absolute Gasteiger partial charge is 0.158 e. The Balaban J connectivity index is 1.71. The molecule has 0 bridgehead atoms. The van der Waals surface area contributed by atoms with Gasteiger partial charge in [-0.25, -0.2) is 0 Å². The summed E-state index contributed by atoms with van der Waals surface area (Å²) in [5.41, 5.74) is 2.38. The fourth-order valence-electron chi connectivity index (χ4n) is 2.01. The fourth-order valence-corrected chi connectivity index (χ4v) is 2.26. The van der Waals surface area contributed by atoms with Crippen molar-refractivity contribution >= 4 is 11.8 Å². The van der Waals surface area contributed by atoms with E-state index in [0.717, 1.165) is 25.4 Å². The van der Waals surface area contributed by atoms with Crippen LogP contribution in [0.1, 0.15) is 30.4 Å². The van der Waals surface area contributed by atoms with Gasteiger partial charge in [-0.3, -0.25) is 0 Å². The second-order valence-corrected chi connectivity index (χ2v) is 5.49. The summed E-state index contributed by atoms with van der Waals surface area (Å²) in [6, 6.07) is 8.39. The van der Waals surface area contributed by atoms with Crippen molar-refractivity contribution in [3.8, 4) is 0 Å². The monoisotopic (exact) mass is 282 g/mol. The maximum atomic E-state index is 5.75. The fraction of sp³-hybridized carbons (Fsp3) is 0.600. The predicted molar refractivity (Wildman–Crippen MR) is 78.0 cm³/mol. The Morgan fingerprint density at radius 2 is 1.89 bits per heavy atom. The van der Waals surface area contributed by atoms with Gasteiger partial charge in [0.2, 0.25) is 0 Å². The Labute approximate surface area is 119 Å². The highest BCUT2D eigenvalue weighted by atomic mass is 32.2. The van der Waals surface area contributed by atoms with Crippen LogP contribution in [0.3, 0.4) is 0 Å². The van der Waals surface area contributed by atoms with Gasteiger partial charge in [-0.05, 0) is 36.6 Å². The topological polar surface area (TPSA) is 27.7 Å². The maximum absolute atomic E-state index is 5.75. The summed E-state index contributed by atoms with van der Waals surface area (Å²) in [5, 5.41) is 0. The summed E-state index contributed by atoms with van der Waals surface area (Å²) in [6.45, 7) is 2.13. The molecule has 0 saturated carbocycles. The first-order chi connectivity index (χ1) is 9.38. The van der Waals surface area contributed by atoms with E-state index in [1.54, 1.807) is 11.8 Å². The van der Waals surface area contributed by atoms with Gasteiger partial charge < -0.3 is 14.2 Å². The highest BCUT2D eigenvalue weighted by molar-refractivity contribution is 7.98. The van der Waals surface area contributed by atoms with Crippen molar-refractivity contribution in [2.45, 2.75) is 38.8 Å². The van der Waals surface area contributed by atoms with Gasteiger partial charge in [-0.2, -0.15) is 0 Å². The number of rotatable bonds is 7. The van der Waals surface area contributed by atoms with Crippen LogP contribution in [0.2, 0.25) is 0 Å². The Morgan fingerprint density at radius 3 is 2.53 bits per heavy atom. The summed E-state index contributed by atoms with van der Waals surface area (Å²) in [5.74, 6) is 0.740. The highest BCUT2D eigenvalue weighted by Gasteiger charge is 2.13. The quantitative estimate of drug-likeness (QED) is 0.564. The van der Waals surface area contributed by atoms with Gasteiger partial charge in [0.15, 0.2) is 6.29 Å². The van der Waals surface area contributed by atoms with Crippen LogP contribution in [0.25, 0.3) is 0 Å². The molecule has 4 heteroatoms. The maximum Gasteiger partial charge on any atom is 0.158 e. The normalized spacial score (nSPS) is 19.5. The Morgan fingerprint density at radius 1 is 1.16 bits per heavy atom. The third kappa shape index (κ3) is 5.53. The molecule has 19 heavy (non-hydrogen) atoms. The van der Waals surface area contributed by atoms with E-state index >= 15 is 0 Å². The Bertz CT molecular complexity index is 347. The molecule has 0 N–H and O–H groups in total. The molecular weight excluding hydrogens is 260 g/mol. The van der Waals surface area contributed by atoms with Crippen molar-refractivity contribution in [1.82, 2.24) is 0 Å². The Kier molecular flexibility index (Phi) is 6.71. The lowest BCUT2D eigenvalue weighted by Gasteiger charge is -2.22. The molecule has 1 saturated heterocycles. The average molecular weight is 282 g/mol. The molecule has 1 aliphatic rings. The average Bonchev–Trinajstić information content (AvgIpc) is 2.48. The lowest BCUT2D eigenvalue weighted by atomic mass is 10.1. The van der Waals surface area contributed by atoms with Crippen molar-refractivity contribution < 1.29 is 14.2 Å². The first-order valence-corrected chi connectivity index (χ1v) is 8.15. The molecule has 1 aliphatic heterocycles. The van der Waals surface area contributed by atoms with E-state index in [0.29, 0.717) is 13.2 Å². The van der Waals surface area contributed by atoms with E-state index in [9.17, 15) is 0 Å². The molecule has 0 aliphatic carbocycles. The number of thioether (sulfide) groups is 1. The molecule has 1 aromatic rings. The van der Waals surface area contributed by atoms with Crippen LogP contribution in [-0.2, 0) is 27.4 Å². The number of hydrogen-bond donors (Lipinski definition) is 0. The molecule has 1 aromatic carbocycles.